The average Bonchev–Trinajstić information content (AvgIpc) is 3.01. The van der Waals surface area contributed by atoms with Crippen LogP contribution in [0.5, 0.6) is 17.2 Å². The van der Waals surface area contributed by atoms with E-state index in [1.807, 2.05) is 6.07 Å². The summed E-state index contributed by atoms with van der Waals surface area (Å²) < 4.78 is 29.5. The summed E-state index contributed by atoms with van der Waals surface area (Å²) in [7, 11) is 0. The van der Waals surface area contributed by atoms with Gasteiger partial charge in [-0.1, -0.05) is 12.1 Å². The van der Waals surface area contributed by atoms with Crippen LogP contribution in [0.3, 0.4) is 0 Å². The van der Waals surface area contributed by atoms with E-state index in [0.717, 1.165) is 0 Å². The van der Waals surface area contributed by atoms with Crippen molar-refractivity contribution in [3.8, 4) is 23.3 Å². The Labute approximate surface area is 239 Å². The first-order valence-electron chi connectivity index (χ1n) is 12.0. The second-order valence-electron chi connectivity index (χ2n) is 8.21. The zero-order valence-electron chi connectivity index (χ0n) is 21.2. The van der Waals surface area contributed by atoms with Crippen molar-refractivity contribution >= 4 is 32.6 Å². The van der Waals surface area contributed by atoms with Crippen molar-refractivity contribution < 1.29 is 46.0 Å². The van der Waals surface area contributed by atoms with E-state index in [0.29, 0.717) is 26.0 Å². The first kappa shape index (κ1) is 28.6. The van der Waals surface area contributed by atoms with Crippen LogP contribution >= 0.6 is 0 Å². The van der Waals surface area contributed by atoms with Gasteiger partial charge < -0.3 is 4.74 Å². The van der Waals surface area contributed by atoms with E-state index in [4.69, 9.17) is 26.0 Å². The van der Waals surface area contributed by atoms with Crippen molar-refractivity contribution in [1.29, 1.82) is 5.26 Å². The third-order valence-electron chi connectivity index (χ3n) is 5.37. The molecule has 205 valence electrons. The van der Waals surface area contributed by atoms with Gasteiger partial charge in [0.15, 0.2) is 5.69 Å². The van der Waals surface area contributed by atoms with Gasteiger partial charge in [0.2, 0.25) is 0 Å². The molecule has 0 spiro atoms. The predicted octanol–water partition coefficient (Wildman–Crippen LogP) is 4.53. The number of rotatable bonds is 9. The molecule has 0 aliphatic carbocycles. The van der Waals surface area contributed by atoms with Gasteiger partial charge in [-0.3, -0.25) is 0 Å². The molecule has 9 nitrogen and oxygen atoms in total. The summed E-state index contributed by atoms with van der Waals surface area (Å²) in [5.74, 6) is -1.21. The van der Waals surface area contributed by atoms with Crippen molar-refractivity contribution in [3.05, 3.63) is 120 Å². The Morgan fingerprint density at radius 2 is 1.12 bits per heavy atom. The van der Waals surface area contributed by atoms with Gasteiger partial charge in [0.1, 0.15) is 5.75 Å². The molecular weight excluding hydrogens is 571 g/mol. The van der Waals surface area contributed by atoms with Crippen molar-refractivity contribution in [2.45, 2.75) is 12.8 Å². The Kier molecular flexibility index (Phi) is 9.47. The molecule has 0 aliphatic rings. The first-order chi connectivity index (χ1) is 19.8. The number of nitriles is 1. The number of ether oxygens (including phenoxy) is 3. The zero-order valence-corrected chi connectivity index (χ0v) is 22.3. The fraction of sp³-hybridized carbons (Fsp3) is 0.0645. The molecule has 0 radical (unpaired) electrons. The maximum atomic E-state index is 12.7. The number of benzene rings is 4. The van der Waals surface area contributed by atoms with Gasteiger partial charge in [0.05, 0.1) is 12.1 Å². The van der Waals surface area contributed by atoms with Crippen LogP contribution in [-0.4, -0.2) is 17.9 Å². The van der Waals surface area contributed by atoms with E-state index in [2.05, 4.69) is 4.85 Å². The second kappa shape index (κ2) is 13.6. The Hall–Kier alpha value is -5.42. The summed E-state index contributed by atoms with van der Waals surface area (Å²) in [6, 6.07) is 26.5. The molecule has 0 unspecified atom stereocenters. The van der Waals surface area contributed by atoms with Crippen LogP contribution in [0.2, 0.25) is 0 Å². The molecule has 0 saturated heterocycles. The molecule has 0 fully saturated rings. The number of nitrogens with zero attached hydrogens (tertiary/aromatic N) is 2. The molecule has 4 aromatic rings. The predicted molar refractivity (Wildman–Crippen MR) is 142 cm³/mol. The fourth-order valence-electron chi connectivity index (χ4n) is 3.31. The summed E-state index contributed by atoms with van der Waals surface area (Å²) >= 11 is -1.85. The molecule has 0 atom stereocenters. The third-order valence-corrected chi connectivity index (χ3v) is 7.16. The summed E-state index contributed by atoms with van der Waals surface area (Å²) in [6.07, 6.45) is -0.456. The first-order valence-corrected chi connectivity index (χ1v) is 13.4. The van der Waals surface area contributed by atoms with Gasteiger partial charge in [-0.2, -0.15) is 0 Å². The normalized spacial score (nSPS) is 10.4. The summed E-state index contributed by atoms with van der Waals surface area (Å²) in [5.41, 5.74) is 1.13. The molecule has 0 aromatic heterocycles. The number of esters is 3. The number of carbonyl (C=O) groups is 3. The van der Waals surface area contributed by atoms with E-state index in [-0.39, 0.29) is 29.9 Å². The molecule has 41 heavy (non-hydrogen) atoms. The zero-order chi connectivity index (χ0) is 29.2. The van der Waals surface area contributed by atoms with Gasteiger partial charge in [0.25, 0.3) is 0 Å². The standard InChI is InChI=1S/C24H16NO6.C7H4N.Co.O/c1-25-18-9-13-21(14-10-18)31-24(28)17-7-11-20(12-8-17)30-23(27)16-15-22(26)29-19-5-3-2-4-6-19;8-6-7-4-2-1-3-5-7;;/h3-14H,15-16H2;2-5H;;. The topological polar surface area (TPSA) is 124 Å². The van der Waals surface area contributed by atoms with Crippen molar-refractivity contribution in [2.75, 3.05) is 0 Å². The molecule has 0 aliphatic heterocycles. The molecule has 0 saturated carbocycles. The van der Waals surface area contributed by atoms with E-state index in [9.17, 15) is 18.2 Å². The molecule has 0 bridgehead atoms. The van der Waals surface area contributed by atoms with E-state index >= 15 is 0 Å². The molecular formula is C31H20CoN2O7. The van der Waals surface area contributed by atoms with Gasteiger partial charge in [0, 0.05) is 0 Å². The summed E-state index contributed by atoms with van der Waals surface area (Å²) in [4.78, 5) is 40.0. The van der Waals surface area contributed by atoms with Crippen molar-refractivity contribution in [1.82, 2.24) is 0 Å². The van der Waals surface area contributed by atoms with Gasteiger partial charge in [-0.05, 0) is 24.3 Å². The van der Waals surface area contributed by atoms with Gasteiger partial charge >= 0.3 is 165 Å². The minimum absolute atomic E-state index is 0.188. The Bertz CT molecular complexity index is 1670. The summed E-state index contributed by atoms with van der Waals surface area (Å²) in [5, 5.41) is 8.89. The molecule has 0 amide bonds. The third kappa shape index (κ3) is 8.04. The van der Waals surface area contributed by atoms with Crippen LogP contribution in [-0.2, 0) is 27.0 Å². The second-order valence-corrected chi connectivity index (χ2v) is 10.1. The Balaban J connectivity index is 1.22. The van der Waals surface area contributed by atoms with E-state index < -0.39 is 31.5 Å². The Morgan fingerprint density at radius 1 is 0.683 bits per heavy atom. The van der Waals surface area contributed by atoms with Crippen LogP contribution in [0.25, 0.3) is 4.85 Å². The fourth-order valence-corrected chi connectivity index (χ4v) is 4.63. The van der Waals surface area contributed by atoms with Crippen molar-refractivity contribution in [2.24, 2.45) is 0 Å². The van der Waals surface area contributed by atoms with Crippen LogP contribution in [0.4, 0.5) is 5.69 Å². The van der Waals surface area contributed by atoms with E-state index in [1.54, 1.807) is 36.4 Å². The quantitative estimate of drug-likeness (QED) is 0.158. The number of hydrogen-bond donors (Lipinski definition) is 0. The van der Waals surface area contributed by atoms with Crippen molar-refractivity contribution in [3.63, 3.8) is 0 Å². The monoisotopic (exact) mass is 591 g/mol. The maximum absolute atomic E-state index is 12.7. The Morgan fingerprint density at radius 3 is 1.61 bits per heavy atom. The van der Waals surface area contributed by atoms with Crippen LogP contribution in [0.1, 0.15) is 28.8 Å². The molecule has 0 N–H and O–H groups in total. The molecule has 4 aromatic carbocycles. The minimum Gasteiger partial charge on any atom is -0.0529 e. The smallest absolute Gasteiger partial charge is 0.0529 e. The van der Waals surface area contributed by atoms with Crippen LogP contribution in [0, 0.1) is 17.9 Å². The molecule has 0 heterocycles. The van der Waals surface area contributed by atoms with Gasteiger partial charge in [-0.25, -0.2) is 9.64 Å². The number of carbonyl (C=O) groups excluding carboxylic acids is 3. The van der Waals surface area contributed by atoms with Gasteiger partial charge in [-0.15, -0.1) is 0 Å². The van der Waals surface area contributed by atoms with Crippen LogP contribution < -0.4 is 23.2 Å². The average molecular weight is 591 g/mol. The summed E-state index contributed by atoms with van der Waals surface area (Å²) in [6.45, 7) is 6.95. The SMILES string of the molecule is [C-]#[N+]c1ccc(OC(=O)c2ccc(OC(=O)CCC(=O)Oc3cc[c]([Co](=[O])[c]4ccc(C#N)cc4)cc3)cc2)cc1. The van der Waals surface area contributed by atoms with E-state index in [1.165, 1.54) is 60.7 Å². The molecule has 10 heteroatoms. The molecule has 4 rings (SSSR count). The minimum atomic E-state index is -1.85. The number of hydrogen-bond acceptors (Lipinski definition) is 8. The van der Waals surface area contributed by atoms with Crippen LogP contribution in [0.15, 0.2) is 97.1 Å².